The highest BCUT2D eigenvalue weighted by atomic mass is 16.6. The molecule has 1 aliphatic rings. The SMILES string of the molecule is N#Cc1cc([N+](=O)[O-])ccc1NCC(c1ccco1)N1CCCC1. The highest BCUT2D eigenvalue weighted by Crippen LogP contribution is 2.27. The number of hydrogen-bond acceptors (Lipinski definition) is 6. The number of nitro groups is 1. The monoisotopic (exact) mass is 326 g/mol. The molecule has 0 saturated carbocycles. The summed E-state index contributed by atoms with van der Waals surface area (Å²) >= 11 is 0. The number of likely N-dealkylation sites (tertiary alicyclic amines) is 1. The molecule has 0 spiro atoms. The van der Waals surface area contributed by atoms with Crippen LogP contribution in [0.3, 0.4) is 0 Å². The third kappa shape index (κ3) is 3.39. The second kappa shape index (κ2) is 7.15. The molecule has 2 heterocycles. The minimum absolute atomic E-state index is 0.0734. The highest BCUT2D eigenvalue weighted by molar-refractivity contribution is 5.61. The van der Waals surface area contributed by atoms with Crippen molar-refractivity contribution in [3.8, 4) is 6.07 Å². The number of nitro benzene ring substituents is 1. The molecular weight excluding hydrogens is 308 g/mol. The zero-order chi connectivity index (χ0) is 16.9. The molecule has 0 radical (unpaired) electrons. The number of benzene rings is 1. The molecule has 0 bridgehead atoms. The van der Waals surface area contributed by atoms with Gasteiger partial charge in [0.25, 0.3) is 5.69 Å². The fourth-order valence-corrected chi connectivity index (χ4v) is 3.04. The molecule has 3 rings (SSSR count). The summed E-state index contributed by atoms with van der Waals surface area (Å²) in [5, 5.41) is 23.3. The number of nitriles is 1. The zero-order valence-electron chi connectivity index (χ0n) is 13.1. The molecule has 1 saturated heterocycles. The second-order valence-corrected chi connectivity index (χ2v) is 5.75. The van der Waals surface area contributed by atoms with E-state index in [1.807, 2.05) is 18.2 Å². The molecule has 1 aromatic heterocycles. The summed E-state index contributed by atoms with van der Waals surface area (Å²) in [5.74, 6) is 0.879. The summed E-state index contributed by atoms with van der Waals surface area (Å²) in [6.07, 6.45) is 3.99. The molecule has 24 heavy (non-hydrogen) atoms. The van der Waals surface area contributed by atoms with Crippen molar-refractivity contribution < 1.29 is 9.34 Å². The third-order valence-corrected chi connectivity index (χ3v) is 4.27. The summed E-state index contributed by atoms with van der Waals surface area (Å²) in [6, 6.07) is 10.2. The van der Waals surface area contributed by atoms with E-state index in [0.29, 0.717) is 12.2 Å². The van der Waals surface area contributed by atoms with Gasteiger partial charge in [0.1, 0.15) is 11.8 Å². The molecule has 1 unspecified atom stereocenters. The first-order valence-electron chi connectivity index (χ1n) is 7.89. The van der Waals surface area contributed by atoms with Crippen molar-refractivity contribution in [2.45, 2.75) is 18.9 Å². The number of furan rings is 1. The summed E-state index contributed by atoms with van der Waals surface area (Å²) in [7, 11) is 0. The van der Waals surface area contributed by atoms with Crippen LogP contribution in [0, 0.1) is 21.4 Å². The lowest BCUT2D eigenvalue weighted by molar-refractivity contribution is -0.384. The van der Waals surface area contributed by atoms with Gasteiger partial charge in [-0.25, -0.2) is 0 Å². The van der Waals surface area contributed by atoms with E-state index in [0.717, 1.165) is 31.7 Å². The molecule has 0 amide bonds. The van der Waals surface area contributed by atoms with Gasteiger partial charge in [0.05, 0.1) is 28.5 Å². The van der Waals surface area contributed by atoms with Crippen LogP contribution in [0.15, 0.2) is 41.0 Å². The molecule has 1 fully saturated rings. The van der Waals surface area contributed by atoms with Crippen LogP contribution in [0.25, 0.3) is 0 Å². The Bertz CT molecular complexity index is 746. The Labute approximate surface area is 139 Å². The molecule has 1 aliphatic heterocycles. The van der Waals surface area contributed by atoms with Gasteiger partial charge in [0.15, 0.2) is 0 Å². The molecule has 1 aromatic carbocycles. The Morgan fingerprint density at radius 3 is 2.79 bits per heavy atom. The summed E-state index contributed by atoms with van der Waals surface area (Å²) < 4.78 is 5.57. The van der Waals surface area contributed by atoms with E-state index in [9.17, 15) is 15.4 Å². The summed E-state index contributed by atoms with van der Waals surface area (Å²) in [5.41, 5.74) is 0.780. The van der Waals surface area contributed by atoms with Gasteiger partial charge in [0.2, 0.25) is 0 Å². The maximum atomic E-state index is 10.8. The molecular formula is C17H18N4O3. The highest BCUT2D eigenvalue weighted by Gasteiger charge is 2.25. The molecule has 124 valence electrons. The molecule has 1 N–H and O–H groups in total. The van der Waals surface area contributed by atoms with E-state index >= 15 is 0 Å². The van der Waals surface area contributed by atoms with Gasteiger partial charge in [-0.05, 0) is 44.1 Å². The third-order valence-electron chi connectivity index (χ3n) is 4.27. The summed E-state index contributed by atoms with van der Waals surface area (Å²) in [4.78, 5) is 12.7. The number of hydrogen-bond donors (Lipinski definition) is 1. The number of nitrogens with one attached hydrogen (secondary N) is 1. The first-order valence-corrected chi connectivity index (χ1v) is 7.89. The van der Waals surface area contributed by atoms with Crippen molar-refractivity contribution in [1.29, 1.82) is 5.26 Å². The predicted molar refractivity (Wildman–Crippen MR) is 88.6 cm³/mol. The Morgan fingerprint density at radius 1 is 1.38 bits per heavy atom. The van der Waals surface area contributed by atoms with E-state index in [1.165, 1.54) is 12.1 Å². The van der Waals surface area contributed by atoms with E-state index in [4.69, 9.17) is 4.42 Å². The van der Waals surface area contributed by atoms with Crippen LogP contribution in [-0.2, 0) is 0 Å². The fourth-order valence-electron chi connectivity index (χ4n) is 3.04. The first-order chi connectivity index (χ1) is 11.7. The number of rotatable bonds is 6. The summed E-state index contributed by atoms with van der Waals surface area (Å²) in [6.45, 7) is 2.59. The number of non-ortho nitro benzene ring substituents is 1. The topological polar surface area (TPSA) is 95.3 Å². The van der Waals surface area contributed by atoms with Crippen LogP contribution < -0.4 is 5.32 Å². The van der Waals surface area contributed by atoms with Crippen LogP contribution in [-0.4, -0.2) is 29.5 Å². The van der Waals surface area contributed by atoms with E-state index in [-0.39, 0.29) is 17.3 Å². The first kappa shape index (κ1) is 16.0. The van der Waals surface area contributed by atoms with Crippen LogP contribution in [0.5, 0.6) is 0 Å². The minimum Gasteiger partial charge on any atom is -0.468 e. The molecule has 1 atom stereocenters. The van der Waals surface area contributed by atoms with Crippen molar-refractivity contribution in [2.75, 3.05) is 25.0 Å². The van der Waals surface area contributed by atoms with E-state index in [2.05, 4.69) is 10.2 Å². The van der Waals surface area contributed by atoms with E-state index < -0.39 is 4.92 Å². The van der Waals surface area contributed by atoms with Gasteiger partial charge < -0.3 is 9.73 Å². The molecule has 2 aromatic rings. The fraction of sp³-hybridized carbons (Fsp3) is 0.353. The van der Waals surface area contributed by atoms with Crippen molar-refractivity contribution >= 4 is 11.4 Å². The van der Waals surface area contributed by atoms with Gasteiger partial charge in [-0.15, -0.1) is 0 Å². The normalized spacial score (nSPS) is 15.8. The second-order valence-electron chi connectivity index (χ2n) is 5.75. The van der Waals surface area contributed by atoms with Crippen LogP contribution in [0.1, 0.15) is 30.2 Å². The van der Waals surface area contributed by atoms with Gasteiger partial charge in [-0.1, -0.05) is 0 Å². The Kier molecular flexibility index (Phi) is 4.77. The standard InChI is InChI=1S/C17H18N4O3/c18-11-13-10-14(21(22)23)5-6-15(13)19-12-16(17-4-3-9-24-17)20-7-1-2-8-20/h3-6,9-10,16,19H,1-2,7-8,12H2. The molecule has 0 aliphatic carbocycles. The van der Waals surface area contributed by atoms with Gasteiger partial charge in [0, 0.05) is 18.7 Å². The average Bonchev–Trinajstić information content (AvgIpc) is 3.29. The van der Waals surface area contributed by atoms with Gasteiger partial charge >= 0.3 is 0 Å². The molecule has 7 nitrogen and oxygen atoms in total. The average molecular weight is 326 g/mol. The van der Waals surface area contributed by atoms with Crippen LogP contribution in [0.4, 0.5) is 11.4 Å². The Balaban J connectivity index is 1.77. The number of nitrogens with zero attached hydrogens (tertiary/aromatic N) is 3. The van der Waals surface area contributed by atoms with Crippen molar-refractivity contribution in [2.24, 2.45) is 0 Å². The lowest BCUT2D eigenvalue weighted by Gasteiger charge is -2.26. The Morgan fingerprint density at radius 2 is 2.17 bits per heavy atom. The van der Waals surface area contributed by atoms with Gasteiger partial charge in [-0.3, -0.25) is 15.0 Å². The van der Waals surface area contributed by atoms with Crippen LogP contribution >= 0.6 is 0 Å². The molecule has 7 heteroatoms. The van der Waals surface area contributed by atoms with Crippen LogP contribution in [0.2, 0.25) is 0 Å². The maximum absolute atomic E-state index is 10.8. The Hall–Kier alpha value is -2.85. The van der Waals surface area contributed by atoms with Crippen molar-refractivity contribution in [3.05, 3.63) is 58.0 Å². The number of anilines is 1. The largest absolute Gasteiger partial charge is 0.468 e. The minimum atomic E-state index is -0.499. The van der Waals surface area contributed by atoms with Crippen molar-refractivity contribution in [1.82, 2.24) is 4.90 Å². The lowest BCUT2D eigenvalue weighted by Crippen LogP contribution is -2.30. The van der Waals surface area contributed by atoms with E-state index in [1.54, 1.807) is 12.3 Å². The van der Waals surface area contributed by atoms with Crippen molar-refractivity contribution in [3.63, 3.8) is 0 Å². The lowest BCUT2D eigenvalue weighted by atomic mass is 10.1. The predicted octanol–water partition coefficient (Wildman–Crippen LogP) is 3.31. The van der Waals surface area contributed by atoms with Gasteiger partial charge in [-0.2, -0.15) is 5.26 Å². The quantitative estimate of drug-likeness (QED) is 0.646. The maximum Gasteiger partial charge on any atom is 0.270 e. The smallest absolute Gasteiger partial charge is 0.270 e. The zero-order valence-corrected chi connectivity index (χ0v) is 13.1.